The fourth-order valence-corrected chi connectivity index (χ4v) is 4.83. The lowest BCUT2D eigenvalue weighted by atomic mass is 10.2. The average molecular weight is 332 g/mol. The van der Waals surface area contributed by atoms with Gasteiger partial charge in [-0.1, -0.05) is 56.0 Å². The van der Waals surface area contributed by atoms with E-state index in [2.05, 4.69) is 36.9 Å². The molecule has 3 nitrogen and oxygen atoms in total. The molecule has 4 heteroatoms. The summed E-state index contributed by atoms with van der Waals surface area (Å²) in [5.74, 6) is 0. The van der Waals surface area contributed by atoms with Crippen LogP contribution in [-0.2, 0) is 0 Å². The van der Waals surface area contributed by atoms with Gasteiger partial charge in [0.15, 0.2) is 0 Å². The van der Waals surface area contributed by atoms with E-state index in [-0.39, 0.29) is 5.56 Å². The zero-order valence-electron chi connectivity index (χ0n) is 14.1. The topological polar surface area (TPSA) is 37.8 Å². The number of hydrogen-bond donors (Lipinski definition) is 1. The number of rotatable bonds is 2. The average Bonchev–Trinajstić information content (AvgIpc) is 2.95. The Hall–Kier alpha value is -2.59. The maximum absolute atomic E-state index is 13.1. The van der Waals surface area contributed by atoms with Crippen molar-refractivity contribution < 1.29 is 0 Å². The van der Waals surface area contributed by atoms with E-state index in [1.54, 1.807) is 4.57 Å². The van der Waals surface area contributed by atoms with Crippen molar-refractivity contribution in [2.45, 2.75) is 19.6 Å². The fraction of sp³-hybridized carbons (Fsp3) is 0.150. The van der Waals surface area contributed by atoms with Crippen molar-refractivity contribution in [3.63, 3.8) is 0 Å². The molecule has 0 atom stereocenters. The first-order chi connectivity index (χ1) is 11.5. The lowest BCUT2D eigenvalue weighted by Gasteiger charge is -2.20. The van der Waals surface area contributed by atoms with Gasteiger partial charge in [-0.15, -0.1) is 0 Å². The van der Waals surface area contributed by atoms with Crippen LogP contribution in [0.4, 0.5) is 0 Å². The predicted molar refractivity (Wildman–Crippen MR) is 104 cm³/mol. The van der Waals surface area contributed by atoms with Crippen molar-refractivity contribution in [2.75, 3.05) is 0 Å². The number of nitrogens with zero attached hydrogens (tertiary/aromatic N) is 1. The Kier molecular flexibility index (Phi) is 3.25. The lowest BCUT2D eigenvalue weighted by Crippen LogP contribution is -2.41. The largest absolute Gasteiger partial charge is 0.350 e. The molecule has 2 aromatic carbocycles. The SMILES string of the molecule is C[Si](C)(C)c1cn(-c2ccccc2)c(=O)c2[nH]c3ccccc3c12. The van der Waals surface area contributed by atoms with Gasteiger partial charge in [0.05, 0.1) is 8.07 Å². The van der Waals surface area contributed by atoms with E-state index in [0.29, 0.717) is 5.52 Å². The number of pyridine rings is 1. The minimum absolute atomic E-state index is 0.00870. The summed E-state index contributed by atoms with van der Waals surface area (Å²) in [5.41, 5.74) is 2.65. The van der Waals surface area contributed by atoms with E-state index in [1.165, 1.54) is 5.19 Å². The first-order valence-electron chi connectivity index (χ1n) is 8.19. The summed E-state index contributed by atoms with van der Waals surface area (Å²) in [5, 5.41) is 3.54. The minimum atomic E-state index is -1.65. The molecule has 0 saturated heterocycles. The van der Waals surface area contributed by atoms with Crippen molar-refractivity contribution >= 4 is 35.1 Å². The van der Waals surface area contributed by atoms with Crippen LogP contribution in [0.15, 0.2) is 65.6 Å². The molecule has 4 rings (SSSR count). The molecule has 0 aliphatic rings. The molecule has 0 radical (unpaired) electrons. The number of H-pyrrole nitrogens is 1. The van der Waals surface area contributed by atoms with Gasteiger partial charge in [0.1, 0.15) is 5.52 Å². The van der Waals surface area contributed by atoms with Crippen molar-refractivity contribution in [2.24, 2.45) is 0 Å². The molecule has 24 heavy (non-hydrogen) atoms. The normalized spacial score (nSPS) is 12.1. The molecule has 1 N–H and O–H groups in total. The van der Waals surface area contributed by atoms with Crippen LogP contribution in [0.1, 0.15) is 0 Å². The van der Waals surface area contributed by atoms with Crippen LogP contribution >= 0.6 is 0 Å². The number of aromatic nitrogens is 2. The molecular formula is C20H20N2OSi. The molecule has 4 aromatic rings. The molecule has 120 valence electrons. The Balaban J connectivity index is 2.21. The second kappa shape index (κ2) is 5.21. The zero-order chi connectivity index (χ0) is 16.9. The van der Waals surface area contributed by atoms with Gasteiger partial charge in [0.25, 0.3) is 5.56 Å². The number of fused-ring (bicyclic) bond motifs is 3. The number of nitrogens with one attached hydrogen (secondary N) is 1. The zero-order valence-corrected chi connectivity index (χ0v) is 15.1. The summed E-state index contributed by atoms with van der Waals surface area (Å²) in [6, 6.07) is 18.0. The Bertz CT molecular complexity index is 1100. The first-order valence-corrected chi connectivity index (χ1v) is 11.7. The van der Waals surface area contributed by atoms with E-state index in [9.17, 15) is 4.79 Å². The summed E-state index contributed by atoms with van der Waals surface area (Å²) in [6.07, 6.45) is 2.06. The molecule has 2 heterocycles. The Labute approximate surface area is 141 Å². The van der Waals surface area contributed by atoms with Crippen LogP contribution in [0.3, 0.4) is 0 Å². The van der Waals surface area contributed by atoms with E-state index < -0.39 is 8.07 Å². The molecule has 0 amide bonds. The van der Waals surface area contributed by atoms with Gasteiger partial charge in [0, 0.05) is 28.2 Å². The van der Waals surface area contributed by atoms with Crippen molar-refractivity contribution in [1.29, 1.82) is 0 Å². The number of benzene rings is 2. The molecule has 2 aromatic heterocycles. The van der Waals surface area contributed by atoms with E-state index in [1.807, 2.05) is 48.5 Å². The monoisotopic (exact) mass is 332 g/mol. The van der Waals surface area contributed by atoms with Crippen LogP contribution in [0.5, 0.6) is 0 Å². The van der Waals surface area contributed by atoms with Gasteiger partial charge in [-0.3, -0.25) is 9.36 Å². The van der Waals surface area contributed by atoms with Gasteiger partial charge in [0.2, 0.25) is 0 Å². The molecular weight excluding hydrogens is 312 g/mol. The highest BCUT2D eigenvalue weighted by atomic mass is 28.3. The smallest absolute Gasteiger partial charge is 0.279 e. The molecule has 0 unspecified atom stereocenters. The summed E-state index contributed by atoms with van der Waals surface area (Å²) in [7, 11) is -1.65. The maximum atomic E-state index is 13.1. The Morgan fingerprint density at radius 3 is 2.29 bits per heavy atom. The summed E-state index contributed by atoms with van der Waals surface area (Å²) < 4.78 is 1.78. The Morgan fingerprint density at radius 2 is 1.58 bits per heavy atom. The van der Waals surface area contributed by atoms with Crippen LogP contribution in [0, 0.1) is 0 Å². The maximum Gasteiger partial charge on any atom is 0.279 e. The third-order valence-corrected chi connectivity index (χ3v) is 6.50. The third-order valence-electron chi connectivity index (χ3n) is 4.51. The summed E-state index contributed by atoms with van der Waals surface area (Å²) in [6.45, 7) is 6.97. The molecule has 0 saturated carbocycles. The quantitative estimate of drug-likeness (QED) is 0.553. The van der Waals surface area contributed by atoms with Gasteiger partial charge in [-0.2, -0.15) is 0 Å². The van der Waals surface area contributed by atoms with Gasteiger partial charge < -0.3 is 4.98 Å². The lowest BCUT2D eigenvalue weighted by molar-refractivity contribution is 1.01. The highest BCUT2D eigenvalue weighted by Crippen LogP contribution is 2.24. The van der Waals surface area contributed by atoms with E-state index in [4.69, 9.17) is 0 Å². The van der Waals surface area contributed by atoms with Crippen molar-refractivity contribution in [3.05, 3.63) is 71.1 Å². The van der Waals surface area contributed by atoms with Gasteiger partial charge in [-0.25, -0.2) is 0 Å². The third kappa shape index (κ3) is 2.22. The van der Waals surface area contributed by atoms with Crippen molar-refractivity contribution in [1.82, 2.24) is 9.55 Å². The first kappa shape index (κ1) is 15.0. The van der Waals surface area contributed by atoms with Crippen LogP contribution in [0.25, 0.3) is 27.5 Å². The highest BCUT2D eigenvalue weighted by Gasteiger charge is 2.24. The molecule has 0 aliphatic heterocycles. The second-order valence-electron chi connectivity index (χ2n) is 7.22. The summed E-state index contributed by atoms with van der Waals surface area (Å²) >= 11 is 0. The molecule has 0 bridgehead atoms. The van der Waals surface area contributed by atoms with E-state index >= 15 is 0 Å². The van der Waals surface area contributed by atoms with Gasteiger partial charge >= 0.3 is 0 Å². The van der Waals surface area contributed by atoms with Crippen molar-refractivity contribution in [3.8, 4) is 5.69 Å². The number of para-hydroxylation sites is 2. The second-order valence-corrected chi connectivity index (χ2v) is 12.3. The standard InChI is InChI=1S/C20H20N2OSi/c1-24(2,3)17-13-22(14-9-5-4-6-10-14)20(23)19-18(17)15-11-7-8-12-16(15)21-19/h4-13,21H,1-3H3. The van der Waals surface area contributed by atoms with E-state index in [0.717, 1.165) is 22.0 Å². The Morgan fingerprint density at radius 1 is 0.917 bits per heavy atom. The number of hydrogen-bond acceptors (Lipinski definition) is 1. The van der Waals surface area contributed by atoms with Gasteiger partial charge in [-0.05, 0) is 23.4 Å². The minimum Gasteiger partial charge on any atom is -0.350 e. The van der Waals surface area contributed by atoms with Crippen LogP contribution in [0.2, 0.25) is 19.6 Å². The highest BCUT2D eigenvalue weighted by molar-refractivity contribution is 6.90. The summed E-state index contributed by atoms with van der Waals surface area (Å²) in [4.78, 5) is 16.5. The number of aromatic amines is 1. The fourth-order valence-electron chi connectivity index (χ4n) is 3.30. The molecule has 0 fully saturated rings. The predicted octanol–water partition coefficient (Wildman–Crippen LogP) is 4.02. The van der Waals surface area contributed by atoms with Crippen LogP contribution in [-0.4, -0.2) is 17.6 Å². The molecule has 0 spiro atoms. The molecule has 0 aliphatic carbocycles. The van der Waals surface area contributed by atoms with Crippen LogP contribution < -0.4 is 10.7 Å².